The number of halogens is 1. The minimum Gasteiger partial charge on any atom is -0.497 e. The van der Waals surface area contributed by atoms with Gasteiger partial charge in [0, 0.05) is 16.2 Å². The van der Waals surface area contributed by atoms with E-state index in [1.165, 1.54) is 0 Å². The Kier molecular flexibility index (Phi) is 6.48. The molecule has 1 heterocycles. The lowest BCUT2D eigenvalue weighted by Crippen LogP contribution is -2.33. The molecule has 1 aliphatic heterocycles. The Morgan fingerprint density at radius 1 is 1.38 bits per heavy atom. The smallest absolute Gasteiger partial charge is 0.226 e. The van der Waals surface area contributed by atoms with E-state index in [9.17, 15) is 4.79 Å². The number of amides is 1. The summed E-state index contributed by atoms with van der Waals surface area (Å²) in [6, 6.07) is 5.47. The zero-order valence-corrected chi connectivity index (χ0v) is 13.7. The largest absolute Gasteiger partial charge is 0.497 e. The lowest BCUT2D eigenvalue weighted by atomic mass is 10.1. The Labute approximate surface area is 133 Å². The van der Waals surface area contributed by atoms with Crippen LogP contribution < -0.4 is 15.4 Å². The van der Waals surface area contributed by atoms with Crippen molar-refractivity contribution in [1.29, 1.82) is 0 Å². The van der Waals surface area contributed by atoms with Gasteiger partial charge < -0.3 is 20.1 Å². The van der Waals surface area contributed by atoms with Crippen LogP contribution in [0.25, 0.3) is 0 Å². The molecule has 2 N–H and O–H groups in total. The Balaban J connectivity index is 1.75. The number of anilines is 1. The molecular weight excluding hydrogens is 336 g/mol. The topological polar surface area (TPSA) is 59.6 Å². The molecule has 0 saturated carbocycles. The van der Waals surface area contributed by atoms with Crippen molar-refractivity contribution in [2.75, 3.05) is 32.1 Å². The highest BCUT2D eigenvalue weighted by molar-refractivity contribution is 9.10. The third kappa shape index (κ3) is 5.65. The number of benzene rings is 1. The van der Waals surface area contributed by atoms with Gasteiger partial charge in [0.05, 0.1) is 26.2 Å². The lowest BCUT2D eigenvalue weighted by Gasteiger charge is -2.22. The minimum absolute atomic E-state index is 0.0518. The van der Waals surface area contributed by atoms with Crippen LogP contribution in [0.1, 0.15) is 19.3 Å². The van der Waals surface area contributed by atoms with E-state index < -0.39 is 0 Å². The third-order valence-electron chi connectivity index (χ3n) is 3.36. The summed E-state index contributed by atoms with van der Waals surface area (Å²) in [5.41, 5.74) is 0.716. The fourth-order valence-corrected chi connectivity index (χ4v) is 2.73. The van der Waals surface area contributed by atoms with E-state index in [-0.39, 0.29) is 12.0 Å². The van der Waals surface area contributed by atoms with E-state index >= 15 is 0 Å². The molecular formula is C15H21BrN2O3. The van der Waals surface area contributed by atoms with Crippen LogP contribution in [0, 0.1) is 0 Å². The number of hydrogen-bond acceptors (Lipinski definition) is 4. The number of carbonyl (C=O) groups is 1. The first-order valence-corrected chi connectivity index (χ1v) is 7.93. The number of carbonyl (C=O) groups excluding carboxylic acids is 1. The summed E-state index contributed by atoms with van der Waals surface area (Å²) in [6.07, 6.45) is 2.68. The van der Waals surface area contributed by atoms with Gasteiger partial charge in [0.25, 0.3) is 0 Å². The monoisotopic (exact) mass is 356 g/mol. The molecule has 1 fully saturated rings. The maximum absolute atomic E-state index is 11.9. The van der Waals surface area contributed by atoms with Gasteiger partial charge in [-0.1, -0.05) is 15.9 Å². The molecule has 0 radical (unpaired) electrons. The van der Waals surface area contributed by atoms with Crippen molar-refractivity contribution in [1.82, 2.24) is 5.32 Å². The normalized spacial score (nSPS) is 15.7. The Morgan fingerprint density at radius 2 is 2.14 bits per heavy atom. The Hall–Kier alpha value is -1.11. The summed E-state index contributed by atoms with van der Waals surface area (Å²) in [5, 5.41) is 6.14. The highest BCUT2D eigenvalue weighted by Crippen LogP contribution is 2.24. The summed E-state index contributed by atoms with van der Waals surface area (Å²) in [6.45, 7) is 2.45. The minimum atomic E-state index is -0.0518. The van der Waals surface area contributed by atoms with E-state index in [1.807, 2.05) is 12.1 Å². The Morgan fingerprint density at radius 3 is 2.86 bits per heavy atom. The van der Waals surface area contributed by atoms with E-state index in [0.29, 0.717) is 24.5 Å². The second-order valence-electron chi connectivity index (χ2n) is 5.00. The number of hydrogen-bond donors (Lipinski definition) is 2. The van der Waals surface area contributed by atoms with Crippen molar-refractivity contribution in [3.05, 3.63) is 22.7 Å². The van der Waals surface area contributed by atoms with Crippen molar-refractivity contribution in [2.24, 2.45) is 0 Å². The average Bonchev–Trinajstić information content (AvgIpc) is 2.47. The summed E-state index contributed by atoms with van der Waals surface area (Å²) in [5.74, 6) is 0.648. The van der Waals surface area contributed by atoms with Crippen molar-refractivity contribution in [3.8, 4) is 5.75 Å². The molecule has 0 atom stereocenters. The van der Waals surface area contributed by atoms with Crippen molar-refractivity contribution in [2.45, 2.75) is 25.4 Å². The molecule has 0 unspecified atom stereocenters. The van der Waals surface area contributed by atoms with Crippen LogP contribution in [-0.2, 0) is 9.53 Å². The molecule has 5 nitrogen and oxygen atoms in total. The standard InChI is InChI=1S/C15H21BrN2O3/c1-20-14-9-11(16)8-12(10-14)18-15(19)4-7-21-13-2-5-17-6-3-13/h8-10,13,17H,2-7H2,1H3,(H,18,19). The molecule has 116 valence electrons. The first-order valence-electron chi connectivity index (χ1n) is 7.14. The summed E-state index contributed by atoms with van der Waals surface area (Å²) >= 11 is 3.39. The molecule has 0 spiro atoms. The Bertz CT molecular complexity index is 476. The lowest BCUT2D eigenvalue weighted by molar-refractivity contribution is -0.117. The quantitative estimate of drug-likeness (QED) is 0.822. The fraction of sp³-hybridized carbons (Fsp3) is 0.533. The van der Waals surface area contributed by atoms with Crippen molar-refractivity contribution in [3.63, 3.8) is 0 Å². The van der Waals surface area contributed by atoms with Crippen LogP contribution in [0.5, 0.6) is 5.75 Å². The molecule has 6 heteroatoms. The molecule has 0 bridgehead atoms. The van der Waals surface area contributed by atoms with E-state index in [2.05, 4.69) is 26.6 Å². The molecule has 1 aromatic rings. The van der Waals surface area contributed by atoms with Gasteiger partial charge in [0.2, 0.25) is 5.91 Å². The average molecular weight is 357 g/mol. The molecule has 1 amide bonds. The summed E-state index contributed by atoms with van der Waals surface area (Å²) < 4.78 is 11.8. The van der Waals surface area contributed by atoms with Gasteiger partial charge in [-0.25, -0.2) is 0 Å². The van der Waals surface area contributed by atoms with Gasteiger partial charge in [0.15, 0.2) is 0 Å². The molecule has 1 aromatic carbocycles. The zero-order valence-electron chi connectivity index (χ0n) is 12.2. The van der Waals surface area contributed by atoms with Gasteiger partial charge in [-0.2, -0.15) is 0 Å². The van der Waals surface area contributed by atoms with Crippen LogP contribution in [0.15, 0.2) is 22.7 Å². The van der Waals surface area contributed by atoms with E-state index in [4.69, 9.17) is 9.47 Å². The maximum atomic E-state index is 11.9. The van der Waals surface area contributed by atoms with Crippen LogP contribution >= 0.6 is 15.9 Å². The zero-order chi connectivity index (χ0) is 15.1. The molecule has 21 heavy (non-hydrogen) atoms. The number of methoxy groups -OCH3 is 1. The van der Waals surface area contributed by atoms with E-state index in [0.717, 1.165) is 30.4 Å². The number of nitrogens with one attached hydrogen (secondary N) is 2. The van der Waals surface area contributed by atoms with Crippen LogP contribution in [-0.4, -0.2) is 38.8 Å². The van der Waals surface area contributed by atoms with E-state index in [1.54, 1.807) is 13.2 Å². The number of piperidine rings is 1. The summed E-state index contributed by atoms with van der Waals surface area (Å²) in [4.78, 5) is 11.9. The molecule has 0 aromatic heterocycles. The van der Waals surface area contributed by atoms with Gasteiger partial charge in [-0.15, -0.1) is 0 Å². The first-order chi connectivity index (χ1) is 10.2. The SMILES string of the molecule is COc1cc(Br)cc(NC(=O)CCOC2CCNCC2)c1. The molecule has 0 aliphatic carbocycles. The number of rotatable bonds is 6. The van der Waals surface area contributed by atoms with Crippen LogP contribution in [0.2, 0.25) is 0 Å². The van der Waals surface area contributed by atoms with Gasteiger partial charge in [-0.05, 0) is 38.1 Å². The van der Waals surface area contributed by atoms with Crippen LogP contribution in [0.3, 0.4) is 0 Å². The van der Waals surface area contributed by atoms with Crippen LogP contribution in [0.4, 0.5) is 5.69 Å². The number of ether oxygens (including phenoxy) is 2. The predicted octanol–water partition coefficient (Wildman–Crippen LogP) is 2.55. The highest BCUT2D eigenvalue weighted by atomic mass is 79.9. The first kappa shape index (κ1) is 16.3. The molecule has 1 saturated heterocycles. The van der Waals surface area contributed by atoms with Gasteiger partial charge in [-0.3, -0.25) is 4.79 Å². The second kappa shape index (κ2) is 8.36. The van der Waals surface area contributed by atoms with Gasteiger partial charge in [0.1, 0.15) is 5.75 Å². The van der Waals surface area contributed by atoms with Crippen molar-refractivity contribution >= 4 is 27.5 Å². The predicted molar refractivity (Wildman–Crippen MR) is 85.8 cm³/mol. The second-order valence-corrected chi connectivity index (χ2v) is 5.91. The maximum Gasteiger partial charge on any atom is 0.226 e. The highest BCUT2D eigenvalue weighted by Gasteiger charge is 2.13. The summed E-state index contributed by atoms with van der Waals surface area (Å²) in [7, 11) is 1.60. The fourth-order valence-electron chi connectivity index (χ4n) is 2.26. The third-order valence-corrected chi connectivity index (χ3v) is 3.82. The molecule has 1 aliphatic rings. The molecule has 2 rings (SSSR count). The van der Waals surface area contributed by atoms with Crippen molar-refractivity contribution < 1.29 is 14.3 Å². The van der Waals surface area contributed by atoms with Gasteiger partial charge >= 0.3 is 0 Å².